The number of ether oxygens (including phenoxy) is 1. The van der Waals surface area contributed by atoms with Gasteiger partial charge in [0.15, 0.2) is 0 Å². The first-order valence-corrected chi connectivity index (χ1v) is 8.44. The molecular weight excluding hydrogens is 264 g/mol. The fraction of sp³-hybridized carbons (Fsp3) is 0.833. The SMILES string of the molecule is CCCCCCCCC#CCCCC[C@@H](O)COC(C)=O. The van der Waals surface area contributed by atoms with Crippen LogP contribution in [0.15, 0.2) is 0 Å². The maximum atomic E-state index is 10.6. The summed E-state index contributed by atoms with van der Waals surface area (Å²) in [5.41, 5.74) is 0. The van der Waals surface area contributed by atoms with Gasteiger partial charge in [-0.2, -0.15) is 0 Å². The molecular formula is C18H32O3. The summed E-state index contributed by atoms with van der Waals surface area (Å²) in [6, 6.07) is 0. The molecule has 0 amide bonds. The summed E-state index contributed by atoms with van der Waals surface area (Å²) in [7, 11) is 0. The van der Waals surface area contributed by atoms with Crippen LogP contribution in [0.3, 0.4) is 0 Å². The van der Waals surface area contributed by atoms with Crippen LogP contribution in [-0.4, -0.2) is 23.8 Å². The molecule has 0 aliphatic carbocycles. The van der Waals surface area contributed by atoms with Gasteiger partial charge in [-0.3, -0.25) is 4.79 Å². The molecule has 0 aromatic rings. The molecule has 0 heterocycles. The number of aliphatic hydroxyl groups is 1. The summed E-state index contributed by atoms with van der Waals surface area (Å²) in [4.78, 5) is 10.6. The zero-order valence-corrected chi connectivity index (χ0v) is 13.8. The van der Waals surface area contributed by atoms with E-state index in [0.29, 0.717) is 6.42 Å². The number of aliphatic hydroxyl groups excluding tert-OH is 1. The average Bonchev–Trinajstić information content (AvgIpc) is 2.46. The lowest BCUT2D eigenvalue weighted by Gasteiger charge is -2.09. The van der Waals surface area contributed by atoms with Crippen molar-refractivity contribution in [1.29, 1.82) is 0 Å². The molecule has 21 heavy (non-hydrogen) atoms. The Balaban J connectivity index is 3.27. The first-order valence-electron chi connectivity index (χ1n) is 8.44. The summed E-state index contributed by atoms with van der Waals surface area (Å²) in [6.45, 7) is 3.70. The predicted octanol–water partition coefficient (Wildman–Crippen LogP) is 4.22. The number of esters is 1. The van der Waals surface area contributed by atoms with Crippen LogP contribution in [0.25, 0.3) is 0 Å². The van der Waals surface area contributed by atoms with Crippen molar-refractivity contribution in [3.05, 3.63) is 0 Å². The van der Waals surface area contributed by atoms with Gasteiger partial charge in [0, 0.05) is 19.8 Å². The van der Waals surface area contributed by atoms with Crippen molar-refractivity contribution in [2.45, 2.75) is 90.6 Å². The van der Waals surface area contributed by atoms with E-state index < -0.39 is 6.10 Å². The highest BCUT2D eigenvalue weighted by Crippen LogP contribution is 2.07. The van der Waals surface area contributed by atoms with E-state index in [9.17, 15) is 9.90 Å². The number of carbonyl (C=O) groups is 1. The molecule has 0 radical (unpaired) electrons. The van der Waals surface area contributed by atoms with Gasteiger partial charge < -0.3 is 9.84 Å². The molecule has 1 atom stereocenters. The van der Waals surface area contributed by atoms with E-state index in [2.05, 4.69) is 18.8 Å². The third-order valence-corrected chi connectivity index (χ3v) is 3.35. The van der Waals surface area contributed by atoms with Gasteiger partial charge in [0.05, 0.1) is 6.10 Å². The minimum absolute atomic E-state index is 0.110. The minimum atomic E-state index is -0.537. The lowest BCUT2D eigenvalue weighted by Crippen LogP contribution is -2.16. The number of hydrogen-bond acceptors (Lipinski definition) is 3. The maximum absolute atomic E-state index is 10.6. The first kappa shape index (κ1) is 20.0. The van der Waals surface area contributed by atoms with Crippen LogP contribution in [0.5, 0.6) is 0 Å². The Kier molecular flexibility index (Phi) is 14.6. The largest absolute Gasteiger partial charge is 0.463 e. The molecule has 0 saturated heterocycles. The van der Waals surface area contributed by atoms with Crippen LogP contribution < -0.4 is 0 Å². The third-order valence-electron chi connectivity index (χ3n) is 3.35. The third kappa shape index (κ3) is 16.9. The summed E-state index contributed by atoms with van der Waals surface area (Å²) < 4.78 is 4.74. The van der Waals surface area contributed by atoms with Gasteiger partial charge in [0.2, 0.25) is 0 Å². The van der Waals surface area contributed by atoms with E-state index in [-0.39, 0.29) is 12.6 Å². The fourth-order valence-corrected chi connectivity index (χ4v) is 2.06. The second-order valence-corrected chi connectivity index (χ2v) is 5.57. The summed E-state index contributed by atoms with van der Waals surface area (Å²) in [6.07, 6.45) is 11.9. The van der Waals surface area contributed by atoms with Gasteiger partial charge >= 0.3 is 5.97 Å². The normalized spacial score (nSPS) is 11.6. The van der Waals surface area contributed by atoms with E-state index in [1.165, 1.54) is 45.4 Å². The topological polar surface area (TPSA) is 46.5 Å². The van der Waals surface area contributed by atoms with Crippen molar-refractivity contribution in [1.82, 2.24) is 0 Å². The smallest absolute Gasteiger partial charge is 0.302 e. The summed E-state index contributed by atoms with van der Waals surface area (Å²) >= 11 is 0. The average molecular weight is 296 g/mol. The van der Waals surface area contributed by atoms with Crippen molar-refractivity contribution >= 4 is 5.97 Å². The lowest BCUT2D eigenvalue weighted by molar-refractivity contribution is -0.144. The van der Waals surface area contributed by atoms with Gasteiger partial charge in [-0.05, 0) is 25.7 Å². The van der Waals surface area contributed by atoms with E-state index >= 15 is 0 Å². The highest BCUT2D eigenvalue weighted by molar-refractivity contribution is 5.65. The molecule has 0 aromatic carbocycles. The number of unbranched alkanes of at least 4 members (excludes halogenated alkanes) is 8. The Labute approximate surface area is 130 Å². The zero-order valence-electron chi connectivity index (χ0n) is 13.8. The number of rotatable bonds is 12. The Morgan fingerprint density at radius 3 is 2.19 bits per heavy atom. The van der Waals surface area contributed by atoms with Gasteiger partial charge in [-0.25, -0.2) is 0 Å². The molecule has 3 nitrogen and oxygen atoms in total. The molecule has 0 unspecified atom stereocenters. The Hall–Kier alpha value is -1.01. The molecule has 3 heteroatoms. The van der Waals surface area contributed by atoms with Crippen LogP contribution in [0, 0.1) is 11.8 Å². The van der Waals surface area contributed by atoms with Crippen LogP contribution in [0.2, 0.25) is 0 Å². The van der Waals surface area contributed by atoms with Gasteiger partial charge in [-0.1, -0.05) is 39.0 Å². The van der Waals surface area contributed by atoms with Crippen LogP contribution in [-0.2, 0) is 9.53 Å². The van der Waals surface area contributed by atoms with Crippen LogP contribution in [0.4, 0.5) is 0 Å². The second kappa shape index (κ2) is 15.4. The van der Waals surface area contributed by atoms with Crippen molar-refractivity contribution in [2.24, 2.45) is 0 Å². The maximum Gasteiger partial charge on any atom is 0.302 e. The molecule has 0 aliphatic heterocycles. The van der Waals surface area contributed by atoms with Crippen molar-refractivity contribution < 1.29 is 14.6 Å². The molecule has 122 valence electrons. The predicted molar refractivity (Wildman–Crippen MR) is 86.9 cm³/mol. The van der Waals surface area contributed by atoms with Crippen molar-refractivity contribution in [3.8, 4) is 11.8 Å². The van der Waals surface area contributed by atoms with E-state index in [1.54, 1.807) is 0 Å². The molecule has 0 aliphatic rings. The minimum Gasteiger partial charge on any atom is -0.463 e. The Morgan fingerprint density at radius 1 is 1.00 bits per heavy atom. The highest BCUT2D eigenvalue weighted by Gasteiger charge is 2.05. The molecule has 0 spiro atoms. The lowest BCUT2D eigenvalue weighted by atomic mass is 10.1. The monoisotopic (exact) mass is 296 g/mol. The zero-order chi connectivity index (χ0) is 15.8. The second-order valence-electron chi connectivity index (χ2n) is 5.57. The first-order chi connectivity index (χ1) is 10.2. The van der Waals surface area contributed by atoms with Gasteiger partial charge in [-0.15, -0.1) is 11.8 Å². The quantitative estimate of drug-likeness (QED) is 0.333. The number of carbonyl (C=O) groups excluding carboxylic acids is 1. The van der Waals surface area contributed by atoms with Gasteiger partial charge in [0.25, 0.3) is 0 Å². The Bertz CT molecular complexity index is 301. The molecule has 0 saturated carbocycles. The molecule has 1 N–H and O–H groups in total. The van der Waals surface area contributed by atoms with E-state index in [4.69, 9.17) is 4.74 Å². The number of hydrogen-bond donors (Lipinski definition) is 1. The van der Waals surface area contributed by atoms with E-state index in [1.807, 2.05) is 0 Å². The summed E-state index contributed by atoms with van der Waals surface area (Å²) in [5, 5.41) is 9.55. The fourth-order valence-electron chi connectivity index (χ4n) is 2.06. The van der Waals surface area contributed by atoms with Gasteiger partial charge in [0.1, 0.15) is 6.61 Å². The van der Waals surface area contributed by atoms with E-state index in [0.717, 1.165) is 25.7 Å². The highest BCUT2D eigenvalue weighted by atomic mass is 16.5. The molecule has 0 rings (SSSR count). The Morgan fingerprint density at radius 2 is 1.57 bits per heavy atom. The van der Waals surface area contributed by atoms with Crippen LogP contribution in [0.1, 0.15) is 84.5 Å². The van der Waals surface area contributed by atoms with Crippen molar-refractivity contribution in [3.63, 3.8) is 0 Å². The van der Waals surface area contributed by atoms with Crippen LogP contribution >= 0.6 is 0 Å². The molecule has 0 bridgehead atoms. The molecule has 0 fully saturated rings. The van der Waals surface area contributed by atoms with Crippen molar-refractivity contribution in [2.75, 3.05) is 6.61 Å². The summed E-state index contributed by atoms with van der Waals surface area (Å²) in [5.74, 6) is 6.08. The standard InChI is InChI=1S/C18H32O3/c1-3-4-5-6-7-8-9-10-11-12-13-14-15-18(20)16-21-17(2)19/h18,20H,3-9,12-16H2,1-2H3/t18-/m1/s1. The molecule has 0 aromatic heterocycles.